The van der Waals surface area contributed by atoms with E-state index in [4.69, 9.17) is 4.84 Å². The molecule has 8 nitrogen and oxygen atoms in total. The lowest BCUT2D eigenvalue weighted by atomic mass is 10.0. The number of nitrogens with zero attached hydrogens (tertiary/aromatic N) is 3. The van der Waals surface area contributed by atoms with E-state index in [1.54, 1.807) is 24.4 Å². The number of hydroxylamine groups is 1. The number of benzene rings is 1. The van der Waals surface area contributed by atoms with Crippen molar-refractivity contribution in [1.82, 2.24) is 14.9 Å². The summed E-state index contributed by atoms with van der Waals surface area (Å²) in [4.78, 5) is 27.1. The minimum Gasteiger partial charge on any atom is -0.391 e. The first-order valence-corrected chi connectivity index (χ1v) is 9.85. The summed E-state index contributed by atoms with van der Waals surface area (Å²) in [7, 11) is 0. The quantitative estimate of drug-likeness (QED) is 0.582. The summed E-state index contributed by atoms with van der Waals surface area (Å²) >= 11 is 0. The van der Waals surface area contributed by atoms with Crippen LogP contribution in [0.25, 0.3) is 5.65 Å². The van der Waals surface area contributed by atoms with Gasteiger partial charge in [0.2, 0.25) is 5.90 Å². The number of amides is 1. The number of anilines is 1. The third kappa shape index (κ3) is 4.34. The highest BCUT2D eigenvalue weighted by Crippen LogP contribution is 2.26. The largest absolute Gasteiger partial charge is 0.391 e. The SMILES string of the molecule is Cc1ccc(C2N=C(CCC(C)(C)O)ON2)cc1NC(=O)c1cnc2ccccn12. The van der Waals surface area contributed by atoms with Crippen molar-refractivity contribution in [1.29, 1.82) is 0 Å². The van der Waals surface area contributed by atoms with Gasteiger partial charge in [-0.15, -0.1) is 5.48 Å². The fraction of sp³-hybridized carbons (Fsp3) is 0.318. The first kappa shape index (κ1) is 20.1. The van der Waals surface area contributed by atoms with Crippen molar-refractivity contribution in [2.24, 2.45) is 4.99 Å². The van der Waals surface area contributed by atoms with Gasteiger partial charge in [0, 0.05) is 18.3 Å². The first-order chi connectivity index (χ1) is 14.3. The summed E-state index contributed by atoms with van der Waals surface area (Å²) in [5, 5.41) is 12.9. The van der Waals surface area contributed by atoms with Crippen LogP contribution in [0.2, 0.25) is 0 Å². The van der Waals surface area contributed by atoms with Crippen LogP contribution in [0, 0.1) is 6.92 Å². The first-order valence-electron chi connectivity index (χ1n) is 9.85. The lowest BCUT2D eigenvalue weighted by Crippen LogP contribution is -2.21. The smallest absolute Gasteiger partial charge is 0.274 e. The molecular weight excluding hydrogens is 382 g/mol. The zero-order valence-corrected chi connectivity index (χ0v) is 17.2. The number of hydrogen-bond donors (Lipinski definition) is 3. The molecule has 8 heteroatoms. The standard InChI is InChI=1S/C22H25N5O3/c1-14-7-8-15(20-25-19(30-26-20)9-10-22(2,3)29)12-16(14)24-21(28)17-13-23-18-6-4-5-11-27(17)18/h4-8,11-13,20,26,29H,9-10H2,1-3H3,(H,24,28). The number of aromatic nitrogens is 2. The molecule has 0 spiro atoms. The van der Waals surface area contributed by atoms with Gasteiger partial charge in [-0.2, -0.15) is 0 Å². The van der Waals surface area contributed by atoms with Crippen LogP contribution >= 0.6 is 0 Å². The van der Waals surface area contributed by atoms with E-state index < -0.39 is 5.60 Å². The Morgan fingerprint density at radius 1 is 1.33 bits per heavy atom. The number of aryl methyl sites for hydroxylation is 1. The van der Waals surface area contributed by atoms with Crippen LogP contribution in [-0.2, 0) is 4.84 Å². The van der Waals surface area contributed by atoms with Crippen LogP contribution in [0.3, 0.4) is 0 Å². The van der Waals surface area contributed by atoms with Gasteiger partial charge in [-0.05, 0) is 56.5 Å². The van der Waals surface area contributed by atoms with Crippen LogP contribution in [0.4, 0.5) is 5.69 Å². The second kappa shape index (κ2) is 7.89. The van der Waals surface area contributed by atoms with Crippen molar-refractivity contribution in [2.75, 3.05) is 5.32 Å². The van der Waals surface area contributed by atoms with Crippen molar-refractivity contribution < 1.29 is 14.7 Å². The van der Waals surface area contributed by atoms with Gasteiger partial charge in [0.15, 0.2) is 6.17 Å². The number of hydrogen-bond acceptors (Lipinski definition) is 6. The summed E-state index contributed by atoms with van der Waals surface area (Å²) in [6, 6.07) is 11.4. The molecule has 1 atom stereocenters. The van der Waals surface area contributed by atoms with Gasteiger partial charge in [0.25, 0.3) is 5.91 Å². The molecule has 0 saturated heterocycles. The molecule has 1 unspecified atom stereocenters. The van der Waals surface area contributed by atoms with Crippen LogP contribution in [0.15, 0.2) is 53.8 Å². The maximum atomic E-state index is 12.8. The zero-order valence-electron chi connectivity index (χ0n) is 17.2. The summed E-state index contributed by atoms with van der Waals surface area (Å²) in [6.45, 7) is 5.45. The Bertz CT molecular complexity index is 1110. The van der Waals surface area contributed by atoms with Crippen molar-refractivity contribution in [3.05, 3.63) is 65.6 Å². The van der Waals surface area contributed by atoms with Gasteiger partial charge >= 0.3 is 0 Å². The summed E-state index contributed by atoms with van der Waals surface area (Å²) in [6.07, 6.45) is 4.10. The van der Waals surface area contributed by atoms with E-state index in [9.17, 15) is 9.90 Å². The van der Waals surface area contributed by atoms with Crippen molar-refractivity contribution >= 4 is 23.1 Å². The summed E-state index contributed by atoms with van der Waals surface area (Å²) in [5.41, 5.74) is 5.81. The van der Waals surface area contributed by atoms with Gasteiger partial charge < -0.3 is 15.3 Å². The van der Waals surface area contributed by atoms with Gasteiger partial charge in [-0.1, -0.05) is 18.2 Å². The average molecular weight is 407 g/mol. The topological polar surface area (TPSA) is 100 Å². The number of carbonyl (C=O) groups excluding carboxylic acids is 1. The normalized spacial score (nSPS) is 16.4. The van der Waals surface area contributed by atoms with Gasteiger partial charge in [-0.25, -0.2) is 9.98 Å². The monoisotopic (exact) mass is 407 g/mol. The van der Waals surface area contributed by atoms with Crippen molar-refractivity contribution in [2.45, 2.75) is 45.4 Å². The Hall–Kier alpha value is -3.23. The Kier molecular flexibility index (Phi) is 5.27. The number of carbonyl (C=O) groups is 1. The Morgan fingerprint density at radius 2 is 2.17 bits per heavy atom. The van der Waals surface area contributed by atoms with E-state index in [0.29, 0.717) is 35.8 Å². The maximum absolute atomic E-state index is 12.8. The number of imidazole rings is 1. The Labute approximate surface area is 174 Å². The molecule has 4 rings (SSSR count). The highest BCUT2D eigenvalue weighted by Gasteiger charge is 2.23. The minimum absolute atomic E-state index is 0.237. The van der Waals surface area contributed by atoms with Crippen molar-refractivity contribution in [3.63, 3.8) is 0 Å². The van der Waals surface area contributed by atoms with Crippen LogP contribution < -0.4 is 10.8 Å². The molecule has 0 radical (unpaired) electrons. The molecular formula is C22H25N5O3. The predicted octanol–water partition coefficient (Wildman–Crippen LogP) is 3.38. The second-order valence-electron chi connectivity index (χ2n) is 8.06. The van der Waals surface area contributed by atoms with E-state index in [0.717, 1.165) is 11.1 Å². The van der Waals surface area contributed by atoms with E-state index in [2.05, 4.69) is 20.8 Å². The average Bonchev–Trinajstić information content (AvgIpc) is 3.34. The summed E-state index contributed by atoms with van der Waals surface area (Å²) < 4.78 is 1.75. The minimum atomic E-state index is -0.775. The van der Waals surface area contributed by atoms with E-state index in [1.807, 2.05) is 49.5 Å². The highest BCUT2D eigenvalue weighted by molar-refractivity contribution is 6.04. The molecule has 0 bridgehead atoms. The van der Waals surface area contributed by atoms with Gasteiger partial charge in [-0.3, -0.25) is 9.20 Å². The lowest BCUT2D eigenvalue weighted by Gasteiger charge is -2.15. The van der Waals surface area contributed by atoms with Gasteiger partial charge in [0.05, 0.1) is 11.8 Å². The predicted molar refractivity (Wildman–Crippen MR) is 114 cm³/mol. The number of pyridine rings is 1. The molecule has 1 aromatic carbocycles. The number of nitrogens with one attached hydrogen (secondary N) is 2. The van der Waals surface area contributed by atoms with E-state index in [1.165, 1.54) is 0 Å². The Balaban J connectivity index is 1.51. The Morgan fingerprint density at radius 3 is 2.97 bits per heavy atom. The number of rotatable bonds is 6. The number of aliphatic imine (C=N–C) groups is 1. The molecule has 156 valence electrons. The van der Waals surface area contributed by atoms with Crippen LogP contribution in [0.5, 0.6) is 0 Å². The molecule has 1 aliphatic heterocycles. The third-order valence-electron chi connectivity index (χ3n) is 4.99. The fourth-order valence-electron chi connectivity index (χ4n) is 3.22. The molecule has 1 amide bonds. The molecule has 3 heterocycles. The van der Waals surface area contributed by atoms with Gasteiger partial charge in [0.1, 0.15) is 11.3 Å². The molecule has 3 N–H and O–H groups in total. The molecule has 3 aromatic rings. The summed E-state index contributed by atoms with van der Waals surface area (Å²) in [5.74, 6) is 0.318. The van der Waals surface area contributed by atoms with Crippen molar-refractivity contribution in [3.8, 4) is 0 Å². The van der Waals surface area contributed by atoms with E-state index in [-0.39, 0.29) is 12.1 Å². The highest BCUT2D eigenvalue weighted by atomic mass is 16.7. The maximum Gasteiger partial charge on any atom is 0.274 e. The second-order valence-corrected chi connectivity index (χ2v) is 8.06. The molecule has 2 aromatic heterocycles. The third-order valence-corrected chi connectivity index (χ3v) is 4.99. The number of aliphatic hydroxyl groups is 1. The molecule has 0 saturated carbocycles. The zero-order chi connectivity index (χ0) is 21.3. The lowest BCUT2D eigenvalue weighted by molar-refractivity contribution is 0.0703. The van der Waals surface area contributed by atoms with Crippen LogP contribution in [-0.4, -0.2) is 31.9 Å². The molecule has 0 aliphatic carbocycles. The molecule has 0 fully saturated rings. The van der Waals surface area contributed by atoms with E-state index >= 15 is 0 Å². The fourth-order valence-corrected chi connectivity index (χ4v) is 3.22. The van der Waals surface area contributed by atoms with Crippen LogP contribution in [0.1, 0.15) is 54.5 Å². The molecule has 30 heavy (non-hydrogen) atoms. The molecule has 1 aliphatic rings. The number of fused-ring (bicyclic) bond motifs is 1.